The average Bonchev–Trinajstić information content (AvgIpc) is 3.09. The summed E-state index contributed by atoms with van der Waals surface area (Å²) in [6.07, 6.45) is 1.53. The third-order valence-electron chi connectivity index (χ3n) is 4.15. The number of ether oxygens (including phenoxy) is 3. The highest BCUT2D eigenvalue weighted by Gasteiger charge is 2.17. The number of fused-ring (bicyclic) bond motifs is 1. The lowest BCUT2D eigenvalue weighted by molar-refractivity contribution is 0.0494. The van der Waals surface area contributed by atoms with Crippen LogP contribution in [0.15, 0.2) is 48.7 Å². The van der Waals surface area contributed by atoms with E-state index in [2.05, 4.69) is 10.4 Å². The van der Waals surface area contributed by atoms with E-state index in [4.69, 9.17) is 14.2 Å². The van der Waals surface area contributed by atoms with Crippen molar-refractivity contribution in [2.24, 2.45) is 0 Å². The second-order valence-electron chi connectivity index (χ2n) is 8.08. The predicted molar refractivity (Wildman–Crippen MR) is 117 cm³/mol. The molecule has 0 saturated heterocycles. The minimum atomic E-state index is -0.525. The van der Waals surface area contributed by atoms with Crippen LogP contribution in [0, 0.1) is 0 Å². The van der Waals surface area contributed by atoms with Gasteiger partial charge in [0.15, 0.2) is 0 Å². The Hall–Kier alpha value is -3.22. The maximum Gasteiger partial charge on any atom is 0.407 e. The smallest absolute Gasteiger partial charge is 0.407 e. The molecule has 0 unspecified atom stereocenters. The van der Waals surface area contributed by atoms with Gasteiger partial charge in [-0.15, -0.1) is 0 Å². The SMILES string of the molecule is CCOc1ccc2cn(-c3ccc(OC[C@H](C)NC(=O)OC(C)(C)C)cc3)nc2c1. The first-order chi connectivity index (χ1) is 14.2. The number of carbonyl (C=O) groups excluding carboxylic acids is 1. The van der Waals surface area contributed by atoms with Gasteiger partial charge in [0.2, 0.25) is 0 Å². The van der Waals surface area contributed by atoms with Gasteiger partial charge in [0.05, 0.1) is 23.9 Å². The molecule has 7 heteroatoms. The Morgan fingerprint density at radius 3 is 2.47 bits per heavy atom. The van der Waals surface area contributed by atoms with Crippen molar-refractivity contribution in [2.75, 3.05) is 13.2 Å². The fourth-order valence-corrected chi connectivity index (χ4v) is 2.85. The van der Waals surface area contributed by atoms with Gasteiger partial charge in [-0.2, -0.15) is 5.10 Å². The Bertz CT molecular complexity index is 990. The summed E-state index contributed by atoms with van der Waals surface area (Å²) in [7, 11) is 0. The van der Waals surface area contributed by atoms with E-state index >= 15 is 0 Å². The zero-order chi connectivity index (χ0) is 21.7. The van der Waals surface area contributed by atoms with Crippen LogP contribution >= 0.6 is 0 Å². The molecule has 3 rings (SSSR count). The lowest BCUT2D eigenvalue weighted by Crippen LogP contribution is -2.40. The lowest BCUT2D eigenvalue weighted by atomic mass is 10.2. The molecule has 0 bridgehead atoms. The summed E-state index contributed by atoms with van der Waals surface area (Å²) in [5.74, 6) is 1.53. The summed E-state index contributed by atoms with van der Waals surface area (Å²) >= 11 is 0. The Balaban J connectivity index is 1.58. The Labute approximate surface area is 176 Å². The Kier molecular flexibility index (Phi) is 6.50. The van der Waals surface area contributed by atoms with Gasteiger partial charge >= 0.3 is 6.09 Å². The normalized spacial score (nSPS) is 12.4. The molecular weight excluding hydrogens is 382 g/mol. The molecule has 1 heterocycles. The molecule has 2 aromatic carbocycles. The number of hydrogen-bond acceptors (Lipinski definition) is 5. The molecule has 0 saturated carbocycles. The van der Waals surface area contributed by atoms with Crippen LogP contribution in [0.4, 0.5) is 4.79 Å². The first-order valence-electron chi connectivity index (χ1n) is 10.1. The third-order valence-corrected chi connectivity index (χ3v) is 4.15. The van der Waals surface area contributed by atoms with Gasteiger partial charge in [-0.25, -0.2) is 9.48 Å². The van der Waals surface area contributed by atoms with E-state index < -0.39 is 11.7 Å². The standard InChI is InChI=1S/C23H29N3O4/c1-6-28-20-10-7-17-14-26(25-21(17)13-20)18-8-11-19(12-9-18)29-15-16(2)24-22(27)30-23(3,4)5/h7-14,16H,6,15H2,1-5H3,(H,24,27)/t16-/m0/s1. The van der Waals surface area contributed by atoms with E-state index in [0.29, 0.717) is 19.0 Å². The predicted octanol–water partition coefficient (Wildman–Crippen LogP) is 4.72. The molecule has 0 aliphatic heterocycles. The minimum absolute atomic E-state index is 0.185. The second-order valence-corrected chi connectivity index (χ2v) is 8.08. The van der Waals surface area contributed by atoms with Gasteiger partial charge in [-0.1, -0.05) is 0 Å². The molecular formula is C23H29N3O4. The topological polar surface area (TPSA) is 74.6 Å². The van der Waals surface area contributed by atoms with Crippen molar-refractivity contribution < 1.29 is 19.0 Å². The van der Waals surface area contributed by atoms with Gasteiger partial charge < -0.3 is 19.5 Å². The highest BCUT2D eigenvalue weighted by atomic mass is 16.6. The quantitative estimate of drug-likeness (QED) is 0.609. The van der Waals surface area contributed by atoms with Crippen LogP contribution in [0.5, 0.6) is 11.5 Å². The van der Waals surface area contributed by atoms with Gasteiger partial charge in [-0.05, 0) is 71.0 Å². The van der Waals surface area contributed by atoms with Gasteiger partial charge in [0.1, 0.15) is 23.7 Å². The molecule has 1 atom stereocenters. The van der Waals surface area contributed by atoms with Crippen LogP contribution in [0.1, 0.15) is 34.6 Å². The van der Waals surface area contributed by atoms with E-state index in [0.717, 1.165) is 22.3 Å². The molecule has 0 spiro atoms. The van der Waals surface area contributed by atoms with Crippen molar-refractivity contribution in [1.29, 1.82) is 0 Å². The second kappa shape index (κ2) is 9.07. The fraction of sp³-hybridized carbons (Fsp3) is 0.391. The monoisotopic (exact) mass is 411 g/mol. The maximum atomic E-state index is 11.8. The highest BCUT2D eigenvalue weighted by molar-refractivity contribution is 5.80. The number of aromatic nitrogens is 2. The molecule has 160 valence electrons. The largest absolute Gasteiger partial charge is 0.494 e. The number of amides is 1. The summed E-state index contributed by atoms with van der Waals surface area (Å²) in [6, 6.07) is 13.3. The van der Waals surface area contributed by atoms with Crippen molar-refractivity contribution >= 4 is 17.0 Å². The summed E-state index contributed by atoms with van der Waals surface area (Å²) < 4.78 is 18.4. The van der Waals surface area contributed by atoms with E-state index in [-0.39, 0.29) is 6.04 Å². The molecule has 1 amide bonds. The van der Waals surface area contributed by atoms with Crippen molar-refractivity contribution in [1.82, 2.24) is 15.1 Å². The number of carbonyl (C=O) groups is 1. The molecule has 0 aliphatic carbocycles. The van der Waals surface area contributed by atoms with E-state index in [9.17, 15) is 4.79 Å². The van der Waals surface area contributed by atoms with Crippen LogP contribution in [0.2, 0.25) is 0 Å². The van der Waals surface area contributed by atoms with Crippen molar-refractivity contribution in [2.45, 2.75) is 46.3 Å². The summed E-state index contributed by atoms with van der Waals surface area (Å²) in [5, 5.41) is 8.43. The van der Waals surface area contributed by atoms with Crippen molar-refractivity contribution in [3.8, 4) is 17.2 Å². The number of benzene rings is 2. The van der Waals surface area contributed by atoms with Crippen LogP contribution < -0.4 is 14.8 Å². The van der Waals surface area contributed by atoms with E-state index in [1.54, 1.807) is 0 Å². The zero-order valence-electron chi connectivity index (χ0n) is 18.1. The first kappa shape index (κ1) is 21.5. The summed E-state index contributed by atoms with van der Waals surface area (Å²) in [4.78, 5) is 11.8. The molecule has 3 aromatic rings. The maximum absolute atomic E-state index is 11.8. The van der Waals surface area contributed by atoms with E-state index in [1.807, 2.05) is 88.0 Å². The minimum Gasteiger partial charge on any atom is -0.494 e. The zero-order valence-corrected chi connectivity index (χ0v) is 18.1. The number of rotatable bonds is 7. The van der Waals surface area contributed by atoms with Crippen LogP contribution in [-0.2, 0) is 4.74 Å². The summed E-state index contributed by atoms with van der Waals surface area (Å²) in [5.41, 5.74) is 1.28. The summed E-state index contributed by atoms with van der Waals surface area (Å²) in [6.45, 7) is 10.3. The van der Waals surface area contributed by atoms with Gasteiger partial charge in [-0.3, -0.25) is 0 Å². The fourth-order valence-electron chi connectivity index (χ4n) is 2.85. The van der Waals surface area contributed by atoms with Crippen LogP contribution in [-0.4, -0.2) is 40.7 Å². The Morgan fingerprint density at radius 2 is 1.80 bits per heavy atom. The van der Waals surface area contributed by atoms with Crippen LogP contribution in [0.25, 0.3) is 16.6 Å². The lowest BCUT2D eigenvalue weighted by Gasteiger charge is -2.22. The molecule has 1 aromatic heterocycles. The first-order valence-corrected chi connectivity index (χ1v) is 10.1. The van der Waals surface area contributed by atoms with Gasteiger partial charge in [0.25, 0.3) is 0 Å². The molecule has 0 radical (unpaired) electrons. The number of hydrogen-bond donors (Lipinski definition) is 1. The molecule has 0 fully saturated rings. The molecule has 0 aliphatic rings. The highest BCUT2D eigenvalue weighted by Crippen LogP contribution is 2.22. The number of nitrogens with one attached hydrogen (secondary N) is 1. The molecule has 30 heavy (non-hydrogen) atoms. The molecule has 7 nitrogen and oxygen atoms in total. The van der Waals surface area contributed by atoms with Gasteiger partial charge in [0, 0.05) is 17.6 Å². The molecule has 1 N–H and O–H groups in total. The van der Waals surface area contributed by atoms with Crippen LogP contribution in [0.3, 0.4) is 0 Å². The van der Waals surface area contributed by atoms with Crippen molar-refractivity contribution in [3.05, 3.63) is 48.7 Å². The average molecular weight is 412 g/mol. The number of alkyl carbamates (subject to hydrolysis) is 1. The number of nitrogens with zero attached hydrogens (tertiary/aromatic N) is 2. The third kappa shape index (κ3) is 5.89. The Morgan fingerprint density at radius 1 is 1.10 bits per heavy atom. The van der Waals surface area contributed by atoms with E-state index in [1.165, 1.54) is 0 Å². The van der Waals surface area contributed by atoms with Crippen molar-refractivity contribution in [3.63, 3.8) is 0 Å².